The van der Waals surface area contributed by atoms with Crippen molar-refractivity contribution in [2.24, 2.45) is 0 Å². The van der Waals surface area contributed by atoms with E-state index in [1.54, 1.807) is 18.2 Å². The average Bonchev–Trinajstić information content (AvgIpc) is 2.71. The van der Waals surface area contributed by atoms with Crippen molar-refractivity contribution in [3.8, 4) is 11.5 Å². The van der Waals surface area contributed by atoms with Crippen molar-refractivity contribution in [2.75, 3.05) is 25.6 Å². The number of esters is 1. The summed E-state index contributed by atoms with van der Waals surface area (Å²) < 4.78 is 15.4. The van der Waals surface area contributed by atoms with Crippen molar-refractivity contribution in [3.63, 3.8) is 0 Å². The molecule has 2 aromatic carbocycles. The molecule has 0 spiro atoms. The van der Waals surface area contributed by atoms with Gasteiger partial charge in [-0.1, -0.05) is 18.2 Å². The van der Waals surface area contributed by atoms with E-state index in [-0.39, 0.29) is 29.3 Å². The number of ether oxygens (including phenoxy) is 3. The number of para-hydroxylation sites is 1. The van der Waals surface area contributed by atoms with E-state index in [9.17, 15) is 19.7 Å². The molecule has 1 aliphatic rings. The lowest BCUT2D eigenvalue weighted by Gasteiger charge is -2.16. The van der Waals surface area contributed by atoms with Gasteiger partial charge in [0.05, 0.1) is 23.7 Å². The van der Waals surface area contributed by atoms with Gasteiger partial charge in [0.25, 0.3) is 11.6 Å². The molecule has 0 aliphatic carbocycles. The summed E-state index contributed by atoms with van der Waals surface area (Å²) >= 11 is 0. The van der Waals surface area contributed by atoms with E-state index >= 15 is 0 Å². The number of carbonyl (C=O) groups excluding carboxylic acids is 2. The molecule has 0 fully saturated rings. The molecule has 0 saturated heterocycles. The number of rotatable bonds is 6. The molecule has 28 heavy (non-hydrogen) atoms. The number of carbonyl (C=O) groups is 2. The van der Waals surface area contributed by atoms with Gasteiger partial charge in [-0.05, 0) is 24.3 Å². The van der Waals surface area contributed by atoms with E-state index in [1.807, 2.05) is 12.1 Å². The molecule has 9 heteroatoms. The van der Waals surface area contributed by atoms with Gasteiger partial charge in [-0.3, -0.25) is 14.9 Å². The van der Waals surface area contributed by atoms with Crippen LogP contribution in [0.4, 0.5) is 11.4 Å². The fourth-order valence-corrected chi connectivity index (χ4v) is 2.54. The van der Waals surface area contributed by atoms with Gasteiger partial charge in [-0.2, -0.15) is 0 Å². The van der Waals surface area contributed by atoms with Crippen molar-refractivity contribution >= 4 is 29.3 Å². The Morgan fingerprint density at radius 2 is 2.04 bits per heavy atom. The van der Waals surface area contributed by atoms with Crippen molar-refractivity contribution < 1.29 is 28.7 Å². The first-order valence-electron chi connectivity index (χ1n) is 8.19. The van der Waals surface area contributed by atoms with Gasteiger partial charge < -0.3 is 19.5 Å². The summed E-state index contributed by atoms with van der Waals surface area (Å²) in [7, 11) is 1.37. The van der Waals surface area contributed by atoms with Crippen LogP contribution in [0.1, 0.15) is 5.56 Å². The van der Waals surface area contributed by atoms with Crippen molar-refractivity contribution in [1.82, 2.24) is 0 Å². The highest BCUT2D eigenvalue weighted by Crippen LogP contribution is 2.29. The zero-order chi connectivity index (χ0) is 20.1. The summed E-state index contributed by atoms with van der Waals surface area (Å²) in [5, 5.41) is 13.5. The first kappa shape index (κ1) is 18.9. The van der Waals surface area contributed by atoms with Crippen LogP contribution in [-0.4, -0.2) is 37.1 Å². The van der Waals surface area contributed by atoms with Gasteiger partial charge in [0.15, 0.2) is 6.61 Å². The molecule has 0 atom stereocenters. The number of hydrogen-bond donors (Lipinski definition) is 1. The second kappa shape index (κ2) is 8.21. The maximum absolute atomic E-state index is 12.1. The largest absolute Gasteiger partial charge is 0.496 e. The van der Waals surface area contributed by atoms with E-state index < -0.39 is 23.4 Å². The van der Waals surface area contributed by atoms with E-state index in [0.29, 0.717) is 5.75 Å². The number of amides is 1. The molecule has 0 saturated carbocycles. The summed E-state index contributed by atoms with van der Waals surface area (Å²) in [5.41, 5.74) is 0.640. The van der Waals surface area contributed by atoms with Crippen LogP contribution in [0.2, 0.25) is 0 Å². The number of methoxy groups -OCH3 is 1. The van der Waals surface area contributed by atoms with Crippen molar-refractivity contribution in [3.05, 3.63) is 63.7 Å². The lowest BCUT2D eigenvalue weighted by molar-refractivity contribution is -0.384. The summed E-state index contributed by atoms with van der Waals surface area (Å²) in [4.78, 5) is 34.7. The smallest absolute Gasteiger partial charge is 0.338 e. The van der Waals surface area contributed by atoms with Gasteiger partial charge in [0, 0.05) is 5.56 Å². The van der Waals surface area contributed by atoms with Gasteiger partial charge in [0.1, 0.15) is 23.8 Å². The highest BCUT2D eigenvalue weighted by molar-refractivity contribution is 5.99. The second-order valence-electron chi connectivity index (χ2n) is 5.76. The summed E-state index contributed by atoms with van der Waals surface area (Å²) in [6, 6.07) is 11.2. The lowest BCUT2D eigenvalue weighted by atomic mass is 10.1. The molecule has 0 unspecified atom stereocenters. The third-order valence-corrected chi connectivity index (χ3v) is 3.90. The number of nitrogens with zero attached hydrogens (tertiary/aromatic N) is 1. The van der Waals surface area contributed by atoms with Crippen molar-refractivity contribution in [1.29, 1.82) is 0 Å². The molecule has 1 N–H and O–H groups in total. The third-order valence-electron chi connectivity index (χ3n) is 3.90. The van der Waals surface area contributed by atoms with E-state index in [1.165, 1.54) is 25.3 Å². The van der Waals surface area contributed by atoms with E-state index in [0.717, 1.165) is 5.56 Å². The number of fused-ring (bicyclic) bond motifs is 1. The molecule has 2 aromatic rings. The molecule has 0 radical (unpaired) electrons. The molecule has 1 amide bonds. The third kappa shape index (κ3) is 4.26. The van der Waals surface area contributed by atoms with Gasteiger partial charge in [-0.25, -0.2) is 4.79 Å². The molecule has 0 bridgehead atoms. The predicted octanol–water partition coefficient (Wildman–Crippen LogP) is 2.56. The van der Waals surface area contributed by atoms with Gasteiger partial charge in [-0.15, -0.1) is 0 Å². The summed E-state index contributed by atoms with van der Waals surface area (Å²) in [6.07, 6.45) is 1.63. The normalized spacial score (nSPS) is 12.1. The highest BCUT2D eigenvalue weighted by Gasteiger charge is 2.21. The average molecular weight is 384 g/mol. The molecule has 0 aromatic heterocycles. The number of anilines is 1. The summed E-state index contributed by atoms with van der Waals surface area (Å²) in [5.74, 6) is -0.475. The van der Waals surface area contributed by atoms with Gasteiger partial charge >= 0.3 is 5.97 Å². The first-order valence-corrected chi connectivity index (χ1v) is 8.19. The number of hydrogen-bond acceptors (Lipinski definition) is 7. The maximum atomic E-state index is 12.1. The Bertz CT molecular complexity index is 969. The van der Waals surface area contributed by atoms with Gasteiger partial charge in [0.2, 0.25) is 0 Å². The Labute approximate surface area is 159 Å². The fraction of sp³-hybridized carbons (Fsp3) is 0.158. The Kier molecular flexibility index (Phi) is 5.54. The molecular weight excluding hydrogens is 368 g/mol. The standard InChI is InChI=1S/C19H16N2O7/c1-26-14-6-7-15(16(9-14)21(24)25)20-18(22)11-28-19(23)13-8-12-4-2-3-5-17(12)27-10-13/h2-9H,10-11H2,1H3,(H,20,22). The van der Waals surface area contributed by atoms with E-state index in [2.05, 4.69) is 5.32 Å². The highest BCUT2D eigenvalue weighted by atomic mass is 16.6. The number of benzene rings is 2. The topological polar surface area (TPSA) is 117 Å². The Hall–Kier alpha value is -3.88. The SMILES string of the molecule is COc1ccc(NC(=O)COC(=O)C2=Cc3ccccc3OC2)c([N+](=O)[O-])c1. The molecule has 3 rings (SSSR count). The maximum Gasteiger partial charge on any atom is 0.338 e. The molecule has 1 aliphatic heterocycles. The first-order chi connectivity index (χ1) is 13.5. The molecule has 144 valence electrons. The second-order valence-corrected chi connectivity index (χ2v) is 5.76. The monoisotopic (exact) mass is 384 g/mol. The number of nitro groups is 1. The summed E-state index contributed by atoms with van der Waals surface area (Å²) in [6.45, 7) is -0.567. The molecular formula is C19H16N2O7. The van der Waals surface area contributed by atoms with Crippen LogP contribution in [0.3, 0.4) is 0 Å². The Morgan fingerprint density at radius 1 is 1.25 bits per heavy atom. The molecule has 1 heterocycles. The minimum Gasteiger partial charge on any atom is -0.496 e. The number of nitro benzene ring substituents is 1. The zero-order valence-corrected chi connectivity index (χ0v) is 14.8. The van der Waals surface area contributed by atoms with Crippen LogP contribution >= 0.6 is 0 Å². The zero-order valence-electron chi connectivity index (χ0n) is 14.8. The fourth-order valence-electron chi connectivity index (χ4n) is 2.54. The van der Waals surface area contributed by atoms with Crippen LogP contribution in [-0.2, 0) is 14.3 Å². The lowest BCUT2D eigenvalue weighted by Crippen LogP contribution is -2.24. The van der Waals surface area contributed by atoms with Crippen LogP contribution in [0.25, 0.3) is 6.08 Å². The minimum absolute atomic E-state index is 0.0269. The van der Waals surface area contributed by atoms with Crippen LogP contribution in [0, 0.1) is 10.1 Å². The minimum atomic E-state index is -0.709. The molecule has 9 nitrogen and oxygen atoms in total. The number of nitrogens with one attached hydrogen (secondary N) is 1. The van der Waals surface area contributed by atoms with Crippen LogP contribution < -0.4 is 14.8 Å². The quantitative estimate of drug-likeness (QED) is 0.462. The van der Waals surface area contributed by atoms with Crippen LogP contribution in [0.5, 0.6) is 11.5 Å². The van der Waals surface area contributed by atoms with Crippen LogP contribution in [0.15, 0.2) is 48.0 Å². The Morgan fingerprint density at radius 3 is 2.79 bits per heavy atom. The Balaban J connectivity index is 1.61. The predicted molar refractivity (Wildman–Crippen MR) is 99.2 cm³/mol. The van der Waals surface area contributed by atoms with E-state index in [4.69, 9.17) is 14.2 Å². The van der Waals surface area contributed by atoms with Crippen molar-refractivity contribution in [2.45, 2.75) is 0 Å².